The number of ether oxygens (including phenoxy) is 1. The summed E-state index contributed by atoms with van der Waals surface area (Å²) in [5, 5.41) is 0.576. The number of rotatable bonds is 7. The number of nitrogens with zero attached hydrogens (tertiary/aromatic N) is 2. The summed E-state index contributed by atoms with van der Waals surface area (Å²) in [7, 11) is 1.25. The van der Waals surface area contributed by atoms with Gasteiger partial charge in [-0.2, -0.15) is 0 Å². The van der Waals surface area contributed by atoms with E-state index in [-0.39, 0.29) is 5.38 Å². The molecule has 0 N–H and O–H groups in total. The normalized spacial score (nSPS) is 38.4. The Bertz CT molecular complexity index is 444. The second-order valence-electron chi connectivity index (χ2n) is 9.74. The Balaban J connectivity index is 1.61. The molecule has 1 heterocycles. The van der Waals surface area contributed by atoms with E-state index in [4.69, 9.17) is 27.9 Å². The molecule has 0 aromatic rings. The average Bonchev–Trinajstić information content (AvgIpc) is 3.29. The van der Waals surface area contributed by atoms with Crippen molar-refractivity contribution < 1.29 is 4.74 Å². The first-order valence-electron chi connectivity index (χ1n) is 10.1. The lowest BCUT2D eigenvalue weighted by Crippen LogP contribution is -2.48. The van der Waals surface area contributed by atoms with Crippen LogP contribution >= 0.6 is 23.2 Å². The highest BCUT2D eigenvalue weighted by atomic mass is 35.5. The van der Waals surface area contributed by atoms with Gasteiger partial charge in [-0.25, -0.2) is 0 Å². The quantitative estimate of drug-likeness (QED) is 0.347. The molecule has 3 rings (SSSR count). The summed E-state index contributed by atoms with van der Waals surface area (Å²) < 4.78 is 6.11. The third-order valence-electron chi connectivity index (χ3n) is 6.23. The standard InChI is InChI=1S/C19H36Cl2N2OSi/c1-22-12-23(13-24-9-10-25(2,3)4)18(14-5-6-14)19(22)16-11-15(20)7-8-17(16)21/h14-19H,5-13H2,1-4H3. The van der Waals surface area contributed by atoms with Crippen molar-refractivity contribution >= 4 is 31.3 Å². The molecule has 0 bridgehead atoms. The number of halogens is 2. The minimum atomic E-state index is -1.02. The van der Waals surface area contributed by atoms with Crippen molar-refractivity contribution in [1.29, 1.82) is 0 Å². The molecule has 0 amide bonds. The van der Waals surface area contributed by atoms with Crippen molar-refractivity contribution in [3.05, 3.63) is 0 Å². The van der Waals surface area contributed by atoms with Crippen LogP contribution in [0.15, 0.2) is 0 Å². The van der Waals surface area contributed by atoms with Crippen molar-refractivity contribution in [2.75, 3.05) is 27.1 Å². The van der Waals surface area contributed by atoms with Crippen LogP contribution in [0, 0.1) is 11.8 Å². The van der Waals surface area contributed by atoms with Crippen LogP contribution in [0.25, 0.3) is 0 Å². The van der Waals surface area contributed by atoms with Crippen LogP contribution in [-0.2, 0) is 4.74 Å². The van der Waals surface area contributed by atoms with Crippen molar-refractivity contribution in [3.63, 3.8) is 0 Å². The molecule has 25 heavy (non-hydrogen) atoms. The molecule has 1 aliphatic heterocycles. The first-order valence-corrected chi connectivity index (χ1v) is 14.6. The number of hydrogen-bond donors (Lipinski definition) is 0. The summed E-state index contributed by atoms with van der Waals surface area (Å²) in [6, 6.07) is 2.39. The van der Waals surface area contributed by atoms with Gasteiger partial charge in [0.2, 0.25) is 0 Å². The van der Waals surface area contributed by atoms with Crippen LogP contribution in [0.3, 0.4) is 0 Å². The Labute approximate surface area is 165 Å². The lowest BCUT2D eigenvalue weighted by molar-refractivity contribution is 0.0165. The summed E-state index contributed by atoms with van der Waals surface area (Å²) in [5.74, 6) is 1.34. The van der Waals surface area contributed by atoms with Gasteiger partial charge in [-0.15, -0.1) is 23.2 Å². The van der Waals surface area contributed by atoms with Gasteiger partial charge in [0.05, 0.1) is 6.67 Å². The highest BCUT2D eigenvalue weighted by Gasteiger charge is 2.51. The fourth-order valence-electron chi connectivity index (χ4n) is 4.70. The maximum absolute atomic E-state index is 6.78. The van der Waals surface area contributed by atoms with Gasteiger partial charge in [-0.05, 0) is 57.0 Å². The molecule has 0 radical (unpaired) electrons. The first-order chi connectivity index (χ1) is 11.8. The highest BCUT2D eigenvalue weighted by molar-refractivity contribution is 6.76. The van der Waals surface area contributed by atoms with Gasteiger partial charge in [0.1, 0.15) is 6.73 Å². The van der Waals surface area contributed by atoms with E-state index in [9.17, 15) is 0 Å². The minimum absolute atomic E-state index is 0.274. The van der Waals surface area contributed by atoms with Gasteiger partial charge in [0.15, 0.2) is 0 Å². The van der Waals surface area contributed by atoms with Crippen molar-refractivity contribution in [2.45, 2.75) is 80.6 Å². The van der Waals surface area contributed by atoms with Crippen LogP contribution in [0.5, 0.6) is 0 Å². The van der Waals surface area contributed by atoms with E-state index in [1.165, 1.54) is 18.9 Å². The van der Waals surface area contributed by atoms with Crippen LogP contribution in [0.4, 0.5) is 0 Å². The molecule has 2 aliphatic carbocycles. The van der Waals surface area contributed by atoms with Gasteiger partial charge >= 0.3 is 0 Å². The van der Waals surface area contributed by atoms with Crippen LogP contribution in [0.2, 0.25) is 25.7 Å². The molecule has 3 fully saturated rings. The fraction of sp³-hybridized carbons (Fsp3) is 1.00. The molecule has 0 spiro atoms. The molecule has 3 aliphatic rings. The maximum atomic E-state index is 6.78. The van der Waals surface area contributed by atoms with Crippen molar-refractivity contribution in [1.82, 2.24) is 9.80 Å². The molecule has 1 saturated heterocycles. The number of likely N-dealkylation sites (N-methyl/N-ethyl adjacent to an activating group) is 1. The van der Waals surface area contributed by atoms with Gasteiger partial charge in [0, 0.05) is 37.5 Å². The zero-order valence-corrected chi connectivity index (χ0v) is 18.9. The molecule has 6 heteroatoms. The Morgan fingerprint density at radius 1 is 1.04 bits per heavy atom. The molecule has 5 atom stereocenters. The number of hydrogen-bond acceptors (Lipinski definition) is 3. The van der Waals surface area contributed by atoms with Gasteiger partial charge in [0.25, 0.3) is 0 Å². The number of alkyl halides is 2. The van der Waals surface area contributed by atoms with Crippen LogP contribution in [0.1, 0.15) is 32.1 Å². The Morgan fingerprint density at radius 2 is 1.76 bits per heavy atom. The highest BCUT2D eigenvalue weighted by Crippen LogP contribution is 2.46. The molecule has 2 saturated carbocycles. The van der Waals surface area contributed by atoms with Crippen LogP contribution in [-0.4, -0.2) is 67.8 Å². The summed E-state index contributed by atoms with van der Waals surface area (Å²) in [4.78, 5) is 5.10. The molecular weight excluding hydrogens is 371 g/mol. The van der Waals surface area contributed by atoms with E-state index in [2.05, 4.69) is 36.5 Å². The molecule has 0 aromatic heterocycles. The van der Waals surface area contributed by atoms with E-state index in [1.807, 2.05) is 0 Å². The fourth-order valence-corrected chi connectivity index (χ4v) is 6.17. The van der Waals surface area contributed by atoms with Gasteiger partial charge in [-0.1, -0.05) is 19.6 Å². The van der Waals surface area contributed by atoms with Crippen LogP contribution < -0.4 is 0 Å². The molecule has 5 unspecified atom stereocenters. The van der Waals surface area contributed by atoms with E-state index >= 15 is 0 Å². The maximum Gasteiger partial charge on any atom is 0.100 e. The first kappa shape index (κ1) is 20.4. The van der Waals surface area contributed by atoms with Gasteiger partial charge < -0.3 is 4.74 Å². The predicted octanol–water partition coefficient (Wildman–Crippen LogP) is 4.67. The summed E-state index contributed by atoms with van der Waals surface area (Å²) in [6.45, 7) is 9.92. The monoisotopic (exact) mass is 406 g/mol. The van der Waals surface area contributed by atoms with Crippen molar-refractivity contribution in [2.24, 2.45) is 11.8 Å². The van der Waals surface area contributed by atoms with E-state index in [0.29, 0.717) is 23.4 Å². The Kier molecular flexibility index (Phi) is 6.83. The summed E-state index contributed by atoms with van der Waals surface area (Å²) >= 11 is 13.3. The third kappa shape index (κ3) is 5.36. The molecule has 146 valence electrons. The lowest BCUT2D eigenvalue weighted by Gasteiger charge is -2.40. The Morgan fingerprint density at radius 3 is 2.40 bits per heavy atom. The molecule has 0 aromatic carbocycles. The second kappa shape index (κ2) is 8.36. The minimum Gasteiger partial charge on any atom is -0.366 e. The SMILES string of the molecule is CN1CN(COCC[Si](C)(C)C)C(C2CC2)C1C1CC(Cl)CCC1Cl. The van der Waals surface area contributed by atoms with E-state index in [1.54, 1.807) is 0 Å². The molecule has 3 nitrogen and oxygen atoms in total. The zero-order valence-electron chi connectivity index (χ0n) is 16.4. The Hall–Kier alpha value is 0.677. The summed E-state index contributed by atoms with van der Waals surface area (Å²) in [6.07, 6.45) is 5.93. The summed E-state index contributed by atoms with van der Waals surface area (Å²) in [5.41, 5.74) is 0. The van der Waals surface area contributed by atoms with E-state index < -0.39 is 8.07 Å². The average molecular weight is 408 g/mol. The topological polar surface area (TPSA) is 15.7 Å². The largest absolute Gasteiger partial charge is 0.366 e. The lowest BCUT2D eigenvalue weighted by atomic mass is 9.79. The van der Waals surface area contributed by atoms with E-state index in [0.717, 1.165) is 45.2 Å². The van der Waals surface area contributed by atoms with Crippen molar-refractivity contribution in [3.8, 4) is 0 Å². The third-order valence-corrected chi connectivity index (χ3v) is 8.87. The predicted molar refractivity (Wildman–Crippen MR) is 110 cm³/mol. The van der Waals surface area contributed by atoms with Gasteiger partial charge in [-0.3, -0.25) is 9.80 Å². The smallest absolute Gasteiger partial charge is 0.100 e. The second-order valence-corrected chi connectivity index (χ2v) is 16.5. The molecular formula is C19H36Cl2N2OSi. The zero-order chi connectivity index (χ0) is 18.2.